The van der Waals surface area contributed by atoms with Crippen molar-refractivity contribution in [3.63, 3.8) is 0 Å². The number of alkyl carbamates (subject to hydrolysis) is 1. The number of aliphatic imine (C=N–C) groups is 1. The van der Waals surface area contributed by atoms with Gasteiger partial charge in [0.15, 0.2) is 0 Å². The molecule has 2 amide bonds. The molecule has 2 aromatic rings. The number of imide groups is 1. The fraction of sp³-hybridized carbons (Fsp3) is 0.200. The predicted molar refractivity (Wildman–Crippen MR) is 109 cm³/mol. The van der Waals surface area contributed by atoms with E-state index in [1.54, 1.807) is 6.92 Å². The second-order valence-corrected chi connectivity index (χ2v) is 6.44. The number of aliphatic hydroxyl groups excluding tert-OH is 1. The molecule has 2 rings (SSSR count). The first-order valence-electron chi connectivity index (χ1n) is 8.94. The fourth-order valence-corrected chi connectivity index (χ4v) is 2.37. The number of hydrogen-bond donors (Lipinski definition) is 2. The summed E-state index contributed by atoms with van der Waals surface area (Å²) in [5.74, 6) is -1.32. The molecular formula is C20H17ClF3N3O5. The lowest BCUT2D eigenvalue weighted by Gasteiger charge is -2.09. The van der Waals surface area contributed by atoms with Gasteiger partial charge in [-0.3, -0.25) is 15.1 Å². The Morgan fingerprint density at radius 1 is 1.28 bits per heavy atom. The highest BCUT2D eigenvalue weighted by Crippen LogP contribution is 2.33. The van der Waals surface area contributed by atoms with E-state index in [9.17, 15) is 27.9 Å². The first-order chi connectivity index (χ1) is 15.0. The molecule has 8 nitrogen and oxygen atoms in total. The Morgan fingerprint density at radius 3 is 2.53 bits per heavy atom. The summed E-state index contributed by atoms with van der Waals surface area (Å²) in [4.78, 5) is 31.0. The summed E-state index contributed by atoms with van der Waals surface area (Å²) in [6.07, 6.45) is -3.84. The van der Waals surface area contributed by atoms with Crippen LogP contribution in [-0.2, 0) is 15.7 Å². The standard InChI is InChI=1S/C20H17ClF3N3O5/c1-3-31-19(30)27-18(29)14(11(2)28)10-25-13-5-6-16(15(21)8-13)32-17-7-4-12(9-26-17)20(22,23)24/h4-10,28H,3H2,1-2H3,(H,27,29,30)/b14-11-,25-10?. The average molecular weight is 472 g/mol. The van der Waals surface area contributed by atoms with Crippen molar-refractivity contribution in [3.05, 3.63) is 58.4 Å². The van der Waals surface area contributed by atoms with Crippen LogP contribution < -0.4 is 10.1 Å². The molecular weight excluding hydrogens is 455 g/mol. The minimum Gasteiger partial charge on any atom is -0.512 e. The monoisotopic (exact) mass is 471 g/mol. The van der Waals surface area contributed by atoms with Crippen LogP contribution in [0.3, 0.4) is 0 Å². The number of carbonyl (C=O) groups is 2. The number of pyridine rings is 1. The second kappa shape index (κ2) is 10.6. The number of carbonyl (C=O) groups excluding carboxylic acids is 2. The zero-order chi connectivity index (χ0) is 23.9. The molecule has 0 saturated heterocycles. The SMILES string of the molecule is CCOC(=O)NC(=O)/C(C=Nc1ccc(Oc2ccc(C(F)(F)F)cn2)c(Cl)c1)=C(/C)O. The molecule has 32 heavy (non-hydrogen) atoms. The van der Waals surface area contributed by atoms with Gasteiger partial charge in [0.2, 0.25) is 5.88 Å². The molecule has 0 bridgehead atoms. The highest BCUT2D eigenvalue weighted by atomic mass is 35.5. The van der Waals surface area contributed by atoms with Gasteiger partial charge in [-0.25, -0.2) is 9.78 Å². The zero-order valence-electron chi connectivity index (χ0n) is 16.7. The van der Waals surface area contributed by atoms with Crippen molar-refractivity contribution in [3.8, 4) is 11.6 Å². The Labute approximate surface area is 185 Å². The molecule has 0 spiro atoms. The topological polar surface area (TPSA) is 110 Å². The summed E-state index contributed by atoms with van der Waals surface area (Å²) in [5.41, 5.74) is -0.954. The van der Waals surface area contributed by atoms with Crippen LogP contribution in [0.25, 0.3) is 0 Å². The van der Waals surface area contributed by atoms with E-state index in [1.807, 2.05) is 5.32 Å². The summed E-state index contributed by atoms with van der Waals surface area (Å²) in [6, 6.07) is 6.05. The van der Waals surface area contributed by atoms with E-state index in [-0.39, 0.29) is 34.5 Å². The summed E-state index contributed by atoms with van der Waals surface area (Å²) >= 11 is 6.12. The van der Waals surface area contributed by atoms with Crippen molar-refractivity contribution in [1.82, 2.24) is 10.3 Å². The van der Waals surface area contributed by atoms with Crippen molar-refractivity contribution in [2.24, 2.45) is 4.99 Å². The summed E-state index contributed by atoms with van der Waals surface area (Å²) in [5, 5.41) is 11.7. The largest absolute Gasteiger partial charge is 0.512 e. The van der Waals surface area contributed by atoms with Gasteiger partial charge < -0.3 is 14.6 Å². The molecule has 2 N–H and O–H groups in total. The van der Waals surface area contributed by atoms with Crippen molar-refractivity contribution < 1.29 is 37.3 Å². The van der Waals surface area contributed by atoms with Crippen LogP contribution >= 0.6 is 11.6 Å². The van der Waals surface area contributed by atoms with Crippen LogP contribution in [-0.4, -0.2) is 34.9 Å². The molecule has 1 heterocycles. The number of nitrogens with one attached hydrogen (secondary N) is 1. The lowest BCUT2D eigenvalue weighted by Crippen LogP contribution is -2.33. The van der Waals surface area contributed by atoms with Crippen LogP contribution in [0.15, 0.2) is 52.9 Å². The highest BCUT2D eigenvalue weighted by molar-refractivity contribution is 6.32. The molecule has 1 aromatic carbocycles. The van der Waals surface area contributed by atoms with Gasteiger partial charge >= 0.3 is 12.3 Å². The van der Waals surface area contributed by atoms with Gasteiger partial charge in [-0.2, -0.15) is 13.2 Å². The third kappa shape index (κ3) is 6.98. The maximum atomic E-state index is 12.6. The van der Waals surface area contributed by atoms with Gasteiger partial charge in [0, 0.05) is 18.5 Å². The van der Waals surface area contributed by atoms with Crippen LogP contribution in [0.4, 0.5) is 23.7 Å². The van der Waals surface area contributed by atoms with E-state index >= 15 is 0 Å². The van der Waals surface area contributed by atoms with E-state index in [0.717, 1.165) is 18.3 Å². The second-order valence-electron chi connectivity index (χ2n) is 6.03. The van der Waals surface area contributed by atoms with Gasteiger partial charge in [0.05, 0.1) is 28.5 Å². The number of halogens is 4. The minimum absolute atomic E-state index is 0.0548. The van der Waals surface area contributed by atoms with E-state index in [1.165, 1.54) is 25.1 Å². The Hall–Kier alpha value is -3.60. The number of rotatable bonds is 6. The third-order valence-electron chi connectivity index (χ3n) is 3.66. The lowest BCUT2D eigenvalue weighted by atomic mass is 10.2. The maximum absolute atomic E-state index is 12.6. The zero-order valence-corrected chi connectivity index (χ0v) is 17.5. The number of aromatic nitrogens is 1. The van der Waals surface area contributed by atoms with Gasteiger partial charge in [0.25, 0.3) is 5.91 Å². The summed E-state index contributed by atoms with van der Waals surface area (Å²) < 4.78 is 47.8. The average Bonchev–Trinajstić information content (AvgIpc) is 2.69. The van der Waals surface area contributed by atoms with Gasteiger partial charge in [-0.05, 0) is 38.1 Å². The molecule has 0 aliphatic heterocycles. The maximum Gasteiger partial charge on any atom is 0.417 e. The lowest BCUT2D eigenvalue weighted by molar-refractivity contribution is -0.137. The number of hydrogen-bond acceptors (Lipinski definition) is 7. The quantitative estimate of drug-likeness (QED) is 0.333. The van der Waals surface area contributed by atoms with Crippen molar-refractivity contribution in [2.45, 2.75) is 20.0 Å². The molecule has 170 valence electrons. The van der Waals surface area contributed by atoms with Gasteiger partial charge in [-0.15, -0.1) is 0 Å². The Balaban J connectivity index is 2.13. The van der Waals surface area contributed by atoms with Crippen LogP contribution in [0, 0.1) is 0 Å². The number of alkyl halides is 3. The van der Waals surface area contributed by atoms with E-state index in [4.69, 9.17) is 16.3 Å². The molecule has 0 aliphatic carbocycles. The van der Waals surface area contributed by atoms with Crippen LogP contribution in [0.1, 0.15) is 19.4 Å². The first kappa shape index (κ1) is 24.7. The predicted octanol–water partition coefficient (Wildman–Crippen LogP) is 5.35. The number of benzene rings is 1. The van der Waals surface area contributed by atoms with Crippen molar-refractivity contribution in [2.75, 3.05) is 6.61 Å². The molecule has 0 unspecified atom stereocenters. The van der Waals surface area contributed by atoms with E-state index < -0.39 is 29.5 Å². The highest BCUT2D eigenvalue weighted by Gasteiger charge is 2.30. The number of nitrogens with zero attached hydrogens (tertiary/aromatic N) is 2. The summed E-state index contributed by atoms with van der Waals surface area (Å²) in [7, 11) is 0. The van der Waals surface area contributed by atoms with Crippen LogP contribution in [0.2, 0.25) is 5.02 Å². The molecule has 0 aliphatic rings. The summed E-state index contributed by atoms with van der Waals surface area (Å²) in [6.45, 7) is 2.84. The Kier molecular flexibility index (Phi) is 8.19. The molecule has 0 radical (unpaired) electrons. The van der Waals surface area contributed by atoms with Crippen molar-refractivity contribution in [1.29, 1.82) is 0 Å². The van der Waals surface area contributed by atoms with Crippen molar-refractivity contribution >= 4 is 35.5 Å². The van der Waals surface area contributed by atoms with Gasteiger partial charge in [0.1, 0.15) is 11.5 Å². The normalized spacial score (nSPS) is 12.3. The first-order valence-corrected chi connectivity index (χ1v) is 9.31. The third-order valence-corrected chi connectivity index (χ3v) is 3.96. The molecule has 12 heteroatoms. The van der Waals surface area contributed by atoms with E-state index in [2.05, 4.69) is 14.7 Å². The number of allylic oxidation sites excluding steroid dienone is 1. The molecule has 0 saturated carbocycles. The van der Waals surface area contributed by atoms with Crippen LogP contribution in [0.5, 0.6) is 11.6 Å². The smallest absolute Gasteiger partial charge is 0.417 e. The van der Waals surface area contributed by atoms with Gasteiger partial charge in [-0.1, -0.05) is 11.6 Å². The number of ether oxygens (including phenoxy) is 2. The van der Waals surface area contributed by atoms with E-state index in [0.29, 0.717) is 6.20 Å². The Morgan fingerprint density at radius 2 is 2.00 bits per heavy atom. The molecule has 0 atom stereocenters. The molecule has 1 aromatic heterocycles. The fourth-order valence-electron chi connectivity index (χ4n) is 2.16. The Bertz CT molecular complexity index is 1050. The number of aliphatic hydroxyl groups is 1. The molecule has 0 fully saturated rings. The number of amides is 2. The minimum atomic E-state index is -4.52.